The summed E-state index contributed by atoms with van der Waals surface area (Å²) >= 11 is 0. The molecule has 3 atom stereocenters. The van der Waals surface area contributed by atoms with Crippen LogP contribution in [0.4, 0.5) is 0 Å². The smallest absolute Gasteiger partial charge is 0.0956 e. The number of aromatic nitrogens is 3. The molecule has 1 aromatic carbocycles. The SMILES string of the molecule is O[C@H]1c2cccnc2CC[C@H]1[C@@H]1c2ccccc2-c2cncn21. The van der Waals surface area contributed by atoms with Gasteiger partial charge in [0.1, 0.15) is 0 Å². The number of rotatable bonds is 1. The fourth-order valence-electron chi connectivity index (χ4n) is 4.26. The molecule has 2 aromatic heterocycles. The molecule has 0 bridgehead atoms. The molecule has 0 spiro atoms. The Bertz CT molecular complexity index is 886. The van der Waals surface area contributed by atoms with Crippen LogP contribution in [0.5, 0.6) is 0 Å². The highest BCUT2D eigenvalue weighted by molar-refractivity contribution is 5.69. The van der Waals surface area contributed by atoms with Crippen LogP contribution in [0.1, 0.15) is 35.4 Å². The molecule has 3 heterocycles. The summed E-state index contributed by atoms with van der Waals surface area (Å²) in [5.41, 5.74) is 5.69. The van der Waals surface area contributed by atoms with Crippen LogP contribution in [0.25, 0.3) is 11.3 Å². The second-order valence-electron chi connectivity index (χ2n) is 6.40. The average Bonchev–Trinajstić information content (AvgIpc) is 3.17. The minimum absolute atomic E-state index is 0.142. The summed E-state index contributed by atoms with van der Waals surface area (Å²) < 4.78 is 2.22. The highest BCUT2D eigenvalue weighted by atomic mass is 16.3. The number of aliphatic hydroxyl groups is 1. The van der Waals surface area contributed by atoms with Crippen LogP contribution in [-0.2, 0) is 6.42 Å². The van der Waals surface area contributed by atoms with E-state index in [1.54, 1.807) is 0 Å². The number of fused-ring (bicyclic) bond motifs is 4. The third-order valence-corrected chi connectivity index (χ3v) is 5.29. The second kappa shape index (κ2) is 4.77. The van der Waals surface area contributed by atoms with Gasteiger partial charge in [0.25, 0.3) is 0 Å². The fourth-order valence-corrected chi connectivity index (χ4v) is 4.26. The van der Waals surface area contributed by atoms with Crippen LogP contribution in [0.2, 0.25) is 0 Å². The summed E-state index contributed by atoms with van der Waals surface area (Å²) in [6.07, 6.45) is 6.99. The standard InChI is InChI=1S/C19H17N3O/c23-19-14-6-3-9-21-16(14)8-7-15(19)18-13-5-2-1-4-12(13)17-10-20-11-22(17)18/h1-6,9-11,15,18-19,23H,7-8H2/t15-,18-,19-/m0/s1. The van der Waals surface area contributed by atoms with Gasteiger partial charge in [0.2, 0.25) is 0 Å². The predicted octanol–water partition coefficient (Wildman–Crippen LogP) is 3.14. The Balaban J connectivity index is 1.64. The molecule has 1 N–H and O–H groups in total. The van der Waals surface area contributed by atoms with E-state index in [2.05, 4.69) is 38.8 Å². The summed E-state index contributed by atoms with van der Waals surface area (Å²) in [5.74, 6) is 0.142. The molecule has 4 nitrogen and oxygen atoms in total. The van der Waals surface area contributed by atoms with Gasteiger partial charge in [-0.25, -0.2) is 4.98 Å². The number of aryl methyl sites for hydroxylation is 1. The number of imidazole rings is 1. The third-order valence-electron chi connectivity index (χ3n) is 5.29. The van der Waals surface area contributed by atoms with Gasteiger partial charge in [0.05, 0.1) is 30.4 Å². The Labute approximate surface area is 134 Å². The van der Waals surface area contributed by atoms with E-state index in [0.717, 1.165) is 29.8 Å². The molecule has 114 valence electrons. The molecule has 0 fully saturated rings. The first-order chi connectivity index (χ1) is 11.3. The summed E-state index contributed by atoms with van der Waals surface area (Å²) in [5, 5.41) is 11.0. The molecule has 0 amide bonds. The van der Waals surface area contributed by atoms with E-state index in [1.165, 1.54) is 11.1 Å². The lowest BCUT2D eigenvalue weighted by Gasteiger charge is -2.34. The van der Waals surface area contributed by atoms with E-state index < -0.39 is 6.10 Å². The number of pyridine rings is 1. The van der Waals surface area contributed by atoms with Gasteiger partial charge < -0.3 is 9.67 Å². The maximum absolute atomic E-state index is 11.0. The molecule has 0 unspecified atom stereocenters. The minimum Gasteiger partial charge on any atom is -0.388 e. The largest absolute Gasteiger partial charge is 0.388 e. The Morgan fingerprint density at radius 2 is 1.96 bits per heavy atom. The van der Waals surface area contributed by atoms with Crippen molar-refractivity contribution in [1.82, 2.24) is 14.5 Å². The summed E-state index contributed by atoms with van der Waals surface area (Å²) in [7, 11) is 0. The van der Waals surface area contributed by atoms with Crippen molar-refractivity contribution in [3.63, 3.8) is 0 Å². The summed E-state index contributed by atoms with van der Waals surface area (Å²) in [6.45, 7) is 0. The summed E-state index contributed by atoms with van der Waals surface area (Å²) in [4.78, 5) is 8.76. The number of nitrogens with zero attached hydrogens (tertiary/aromatic N) is 3. The number of hydrogen-bond donors (Lipinski definition) is 1. The number of benzene rings is 1. The van der Waals surface area contributed by atoms with Gasteiger partial charge in [0, 0.05) is 28.9 Å². The molecule has 0 radical (unpaired) electrons. The number of hydrogen-bond acceptors (Lipinski definition) is 3. The van der Waals surface area contributed by atoms with Crippen LogP contribution in [0.15, 0.2) is 55.1 Å². The molecule has 3 aromatic rings. The first kappa shape index (κ1) is 13.0. The molecular weight excluding hydrogens is 286 g/mol. The second-order valence-corrected chi connectivity index (χ2v) is 6.40. The zero-order valence-electron chi connectivity index (χ0n) is 12.6. The van der Waals surface area contributed by atoms with Crippen molar-refractivity contribution < 1.29 is 5.11 Å². The minimum atomic E-state index is -0.487. The van der Waals surface area contributed by atoms with Crippen molar-refractivity contribution in [2.24, 2.45) is 5.92 Å². The topological polar surface area (TPSA) is 50.9 Å². The van der Waals surface area contributed by atoms with Crippen LogP contribution in [0.3, 0.4) is 0 Å². The molecule has 1 aliphatic carbocycles. The van der Waals surface area contributed by atoms with Gasteiger partial charge in [-0.05, 0) is 24.5 Å². The molecule has 23 heavy (non-hydrogen) atoms. The van der Waals surface area contributed by atoms with Crippen molar-refractivity contribution in [2.45, 2.75) is 25.0 Å². The lowest BCUT2D eigenvalue weighted by Crippen LogP contribution is -2.29. The molecule has 2 aliphatic rings. The Kier molecular flexibility index (Phi) is 2.70. The molecule has 0 saturated carbocycles. The average molecular weight is 303 g/mol. The zero-order valence-corrected chi connectivity index (χ0v) is 12.6. The highest BCUT2D eigenvalue weighted by Crippen LogP contribution is 2.49. The fraction of sp³-hybridized carbons (Fsp3) is 0.263. The quantitative estimate of drug-likeness (QED) is 0.751. The van der Waals surface area contributed by atoms with Crippen LogP contribution in [-0.4, -0.2) is 19.6 Å². The van der Waals surface area contributed by atoms with E-state index in [1.807, 2.05) is 30.9 Å². The van der Waals surface area contributed by atoms with Crippen molar-refractivity contribution in [1.29, 1.82) is 0 Å². The van der Waals surface area contributed by atoms with E-state index in [9.17, 15) is 5.11 Å². The Morgan fingerprint density at radius 1 is 1.09 bits per heavy atom. The van der Waals surface area contributed by atoms with E-state index >= 15 is 0 Å². The Hall–Kier alpha value is -2.46. The van der Waals surface area contributed by atoms with Gasteiger partial charge in [-0.15, -0.1) is 0 Å². The van der Waals surface area contributed by atoms with Crippen LogP contribution in [0, 0.1) is 5.92 Å². The molecular formula is C19H17N3O. The lowest BCUT2D eigenvalue weighted by molar-refractivity contribution is 0.0710. The van der Waals surface area contributed by atoms with Crippen molar-refractivity contribution in [3.05, 3.63) is 71.9 Å². The number of aliphatic hydroxyl groups excluding tert-OH is 1. The zero-order chi connectivity index (χ0) is 15.4. The summed E-state index contributed by atoms with van der Waals surface area (Å²) in [6, 6.07) is 12.5. The normalized spacial score (nSPS) is 24.8. The lowest BCUT2D eigenvalue weighted by atomic mass is 9.77. The maximum atomic E-state index is 11.0. The molecule has 0 saturated heterocycles. The van der Waals surface area contributed by atoms with Gasteiger partial charge >= 0.3 is 0 Å². The van der Waals surface area contributed by atoms with Crippen molar-refractivity contribution in [3.8, 4) is 11.3 Å². The van der Waals surface area contributed by atoms with Crippen LogP contribution >= 0.6 is 0 Å². The Morgan fingerprint density at radius 3 is 2.91 bits per heavy atom. The maximum Gasteiger partial charge on any atom is 0.0956 e. The van der Waals surface area contributed by atoms with Gasteiger partial charge in [-0.3, -0.25) is 4.98 Å². The van der Waals surface area contributed by atoms with Crippen LogP contribution < -0.4 is 0 Å². The van der Waals surface area contributed by atoms with E-state index in [0.29, 0.717) is 0 Å². The predicted molar refractivity (Wildman–Crippen MR) is 86.8 cm³/mol. The van der Waals surface area contributed by atoms with E-state index in [-0.39, 0.29) is 12.0 Å². The first-order valence-electron chi connectivity index (χ1n) is 8.07. The van der Waals surface area contributed by atoms with Crippen molar-refractivity contribution >= 4 is 0 Å². The highest BCUT2D eigenvalue weighted by Gasteiger charge is 2.40. The van der Waals surface area contributed by atoms with E-state index in [4.69, 9.17) is 0 Å². The molecule has 5 rings (SSSR count). The first-order valence-corrected chi connectivity index (χ1v) is 8.07. The van der Waals surface area contributed by atoms with Gasteiger partial charge in [-0.2, -0.15) is 0 Å². The monoisotopic (exact) mass is 303 g/mol. The third kappa shape index (κ3) is 1.75. The van der Waals surface area contributed by atoms with Gasteiger partial charge in [0.15, 0.2) is 0 Å². The van der Waals surface area contributed by atoms with Gasteiger partial charge in [-0.1, -0.05) is 30.3 Å². The molecule has 4 heteroatoms. The molecule has 1 aliphatic heterocycles. The van der Waals surface area contributed by atoms with Crippen molar-refractivity contribution in [2.75, 3.05) is 0 Å².